The van der Waals surface area contributed by atoms with Crippen molar-refractivity contribution in [1.29, 1.82) is 0 Å². The molecule has 1 aromatic heterocycles. The van der Waals surface area contributed by atoms with Crippen molar-refractivity contribution in [3.63, 3.8) is 0 Å². The van der Waals surface area contributed by atoms with Crippen molar-refractivity contribution in [2.24, 2.45) is 0 Å². The van der Waals surface area contributed by atoms with Crippen LogP contribution in [0.4, 0.5) is 5.13 Å². The summed E-state index contributed by atoms with van der Waals surface area (Å²) in [7, 11) is 0. The van der Waals surface area contributed by atoms with Crippen LogP contribution in [0.5, 0.6) is 5.75 Å². The topological polar surface area (TPSA) is 47.0 Å². The number of rotatable bonds is 6. The molecule has 4 nitrogen and oxygen atoms in total. The average Bonchev–Trinajstić information content (AvgIpc) is 2.82. The van der Waals surface area contributed by atoms with E-state index in [0.717, 1.165) is 33.3 Å². The van der Waals surface area contributed by atoms with Gasteiger partial charge >= 0.3 is 0 Å². The first-order valence-electron chi connectivity index (χ1n) is 5.72. The maximum Gasteiger partial charge on any atom is 0.205 e. The van der Waals surface area contributed by atoms with Crippen LogP contribution in [0, 0.1) is 0 Å². The van der Waals surface area contributed by atoms with Gasteiger partial charge in [-0.25, -0.2) is 0 Å². The molecule has 0 saturated carbocycles. The normalized spacial score (nSPS) is 10.3. The molecule has 1 N–H and O–H groups in total. The van der Waals surface area contributed by atoms with Crippen LogP contribution >= 0.6 is 27.3 Å². The van der Waals surface area contributed by atoms with Crippen molar-refractivity contribution in [2.75, 3.05) is 11.9 Å². The molecule has 0 atom stereocenters. The molecule has 0 aliphatic carbocycles. The van der Waals surface area contributed by atoms with Gasteiger partial charge in [0.15, 0.2) is 5.01 Å². The standard InChI is InChI=1S/C12H14BrN3OS/c1-2-6-14-12-16-15-11(18-12)8-17-10-5-3-4-9(13)7-10/h3-5,7H,2,6,8H2,1H3,(H,14,16). The summed E-state index contributed by atoms with van der Waals surface area (Å²) in [6.45, 7) is 3.48. The Morgan fingerprint density at radius 2 is 2.28 bits per heavy atom. The molecule has 0 aliphatic heterocycles. The molecule has 0 fully saturated rings. The van der Waals surface area contributed by atoms with Gasteiger partial charge in [-0.1, -0.05) is 40.3 Å². The lowest BCUT2D eigenvalue weighted by Gasteiger charge is -2.03. The number of nitrogens with one attached hydrogen (secondary N) is 1. The SMILES string of the molecule is CCCNc1nnc(COc2cccc(Br)c2)s1. The zero-order valence-electron chi connectivity index (χ0n) is 10.0. The van der Waals surface area contributed by atoms with Gasteiger partial charge in [-0.05, 0) is 24.6 Å². The summed E-state index contributed by atoms with van der Waals surface area (Å²) in [5.41, 5.74) is 0. The fraction of sp³-hybridized carbons (Fsp3) is 0.333. The van der Waals surface area contributed by atoms with Crippen molar-refractivity contribution >= 4 is 32.4 Å². The molecular weight excluding hydrogens is 314 g/mol. The first-order valence-corrected chi connectivity index (χ1v) is 7.33. The number of ether oxygens (including phenoxy) is 1. The molecule has 96 valence electrons. The smallest absolute Gasteiger partial charge is 0.205 e. The van der Waals surface area contributed by atoms with Gasteiger partial charge in [-0.15, -0.1) is 10.2 Å². The highest BCUT2D eigenvalue weighted by molar-refractivity contribution is 9.10. The first kappa shape index (κ1) is 13.3. The summed E-state index contributed by atoms with van der Waals surface area (Å²) in [5.74, 6) is 0.822. The van der Waals surface area contributed by atoms with Crippen molar-refractivity contribution < 1.29 is 4.74 Å². The first-order chi connectivity index (χ1) is 8.78. The van der Waals surface area contributed by atoms with Crippen molar-refractivity contribution in [3.05, 3.63) is 33.7 Å². The monoisotopic (exact) mass is 327 g/mol. The number of halogens is 1. The fourth-order valence-electron chi connectivity index (χ4n) is 1.32. The van der Waals surface area contributed by atoms with Gasteiger partial charge in [0.1, 0.15) is 12.4 Å². The second-order valence-corrected chi connectivity index (χ2v) is 5.65. The molecule has 0 amide bonds. The lowest BCUT2D eigenvalue weighted by Crippen LogP contribution is -1.98. The average molecular weight is 328 g/mol. The molecule has 18 heavy (non-hydrogen) atoms. The van der Waals surface area contributed by atoms with E-state index in [4.69, 9.17) is 4.74 Å². The molecular formula is C12H14BrN3OS. The van der Waals surface area contributed by atoms with Gasteiger partial charge < -0.3 is 10.1 Å². The van der Waals surface area contributed by atoms with Crippen LogP contribution in [0.2, 0.25) is 0 Å². The maximum absolute atomic E-state index is 5.64. The number of benzene rings is 1. The molecule has 1 heterocycles. The predicted molar refractivity (Wildman–Crippen MR) is 77.2 cm³/mol. The summed E-state index contributed by atoms with van der Waals surface area (Å²) in [6, 6.07) is 7.75. The van der Waals surface area contributed by atoms with Crippen molar-refractivity contribution in [1.82, 2.24) is 10.2 Å². The molecule has 2 rings (SSSR count). The maximum atomic E-state index is 5.64. The van der Waals surface area contributed by atoms with E-state index in [0.29, 0.717) is 6.61 Å². The van der Waals surface area contributed by atoms with Gasteiger partial charge in [0.25, 0.3) is 0 Å². The Labute approximate surface area is 119 Å². The summed E-state index contributed by atoms with van der Waals surface area (Å²) in [5, 5.41) is 13.1. The third kappa shape index (κ3) is 3.96. The third-order valence-corrected chi connectivity index (χ3v) is 3.50. The highest BCUT2D eigenvalue weighted by atomic mass is 79.9. The fourth-order valence-corrected chi connectivity index (χ4v) is 2.37. The number of hydrogen-bond donors (Lipinski definition) is 1. The number of anilines is 1. The Hall–Kier alpha value is -1.14. The van der Waals surface area contributed by atoms with E-state index in [1.54, 1.807) is 0 Å². The molecule has 0 saturated heterocycles. The molecule has 1 aromatic carbocycles. The predicted octanol–water partition coefficient (Wildman–Crippen LogP) is 3.70. The molecule has 0 radical (unpaired) electrons. The summed E-state index contributed by atoms with van der Waals surface area (Å²) >= 11 is 4.93. The van der Waals surface area contributed by atoms with Crippen LogP contribution in [0.3, 0.4) is 0 Å². The van der Waals surface area contributed by atoms with Crippen LogP contribution in [0.1, 0.15) is 18.4 Å². The van der Waals surface area contributed by atoms with Crippen LogP contribution in [0.15, 0.2) is 28.7 Å². The minimum atomic E-state index is 0.446. The highest BCUT2D eigenvalue weighted by Gasteiger charge is 2.04. The van der Waals surface area contributed by atoms with Crippen LogP contribution in [0.25, 0.3) is 0 Å². The molecule has 2 aromatic rings. The van der Waals surface area contributed by atoms with Crippen LogP contribution < -0.4 is 10.1 Å². The number of hydrogen-bond acceptors (Lipinski definition) is 5. The van der Waals surface area contributed by atoms with E-state index in [2.05, 4.69) is 38.4 Å². The number of aromatic nitrogens is 2. The molecule has 6 heteroatoms. The zero-order chi connectivity index (χ0) is 12.8. The van der Waals surface area contributed by atoms with Gasteiger partial charge in [0, 0.05) is 11.0 Å². The van der Waals surface area contributed by atoms with E-state index < -0.39 is 0 Å². The summed E-state index contributed by atoms with van der Waals surface area (Å²) < 4.78 is 6.64. The summed E-state index contributed by atoms with van der Waals surface area (Å²) in [4.78, 5) is 0. The van der Waals surface area contributed by atoms with Crippen molar-refractivity contribution in [2.45, 2.75) is 20.0 Å². The van der Waals surface area contributed by atoms with E-state index in [1.165, 1.54) is 11.3 Å². The molecule has 0 spiro atoms. The lowest BCUT2D eigenvalue weighted by atomic mass is 10.3. The largest absolute Gasteiger partial charge is 0.486 e. The second-order valence-electron chi connectivity index (χ2n) is 3.67. The Bertz CT molecular complexity index is 504. The van der Waals surface area contributed by atoms with E-state index in [9.17, 15) is 0 Å². The minimum Gasteiger partial charge on any atom is -0.486 e. The zero-order valence-corrected chi connectivity index (χ0v) is 12.4. The van der Waals surface area contributed by atoms with Gasteiger partial charge in [-0.3, -0.25) is 0 Å². The number of nitrogens with zero attached hydrogens (tertiary/aromatic N) is 2. The van der Waals surface area contributed by atoms with Crippen LogP contribution in [-0.4, -0.2) is 16.7 Å². The Morgan fingerprint density at radius 3 is 3.06 bits per heavy atom. The van der Waals surface area contributed by atoms with Gasteiger partial charge in [-0.2, -0.15) is 0 Å². The third-order valence-electron chi connectivity index (χ3n) is 2.15. The highest BCUT2D eigenvalue weighted by Crippen LogP contribution is 2.20. The van der Waals surface area contributed by atoms with E-state index >= 15 is 0 Å². The molecule has 0 unspecified atom stereocenters. The Morgan fingerprint density at radius 1 is 1.39 bits per heavy atom. The summed E-state index contributed by atoms with van der Waals surface area (Å²) in [6.07, 6.45) is 1.07. The molecule has 0 bridgehead atoms. The second kappa shape index (κ2) is 6.70. The lowest BCUT2D eigenvalue weighted by molar-refractivity contribution is 0.304. The van der Waals surface area contributed by atoms with Crippen LogP contribution in [-0.2, 0) is 6.61 Å². The quantitative estimate of drug-likeness (QED) is 0.878. The van der Waals surface area contributed by atoms with Gasteiger partial charge in [0.2, 0.25) is 5.13 Å². The molecule has 0 aliphatic rings. The Kier molecular flexibility index (Phi) is 4.95. The van der Waals surface area contributed by atoms with E-state index in [1.807, 2.05) is 24.3 Å². The van der Waals surface area contributed by atoms with Gasteiger partial charge in [0.05, 0.1) is 0 Å². The Balaban J connectivity index is 1.88. The minimum absolute atomic E-state index is 0.446. The van der Waals surface area contributed by atoms with Crippen molar-refractivity contribution in [3.8, 4) is 5.75 Å². The van der Waals surface area contributed by atoms with E-state index in [-0.39, 0.29) is 0 Å².